The van der Waals surface area contributed by atoms with E-state index >= 15 is 0 Å². The number of phenolic OH excluding ortho intramolecular Hbond substituents is 1. The van der Waals surface area contributed by atoms with Crippen molar-refractivity contribution in [2.75, 3.05) is 10.0 Å². The van der Waals surface area contributed by atoms with Crippen LogP contribution in [0, 0.1) is 0 Å². The van der Waals surface area contributed by atoms with Gasteiger partial charge in [-0.2, -0.15) is 8.42 Å². The first-order valence-electron chi connectivity index (χ1n) is 5.96. The number of aromatic hydroxyl groups is 1. The highest BCUT2D eigenvalue weighted by molar-refractivity contribution is 9.10. The van der Waals surface area contributed by atoms with Gasteiger partial charge in [-0.15, -0.1) is 0 Å². The first-order chi connectivity index (χ1) is 9.85. The summed E-state index contributed by atoms with van der Waals surface area (Å²) in [5.41, 5.74) is 1.78. The molecular weight excluding hydrogens is 358 g/mol. The Morgan fingerprint density at radius 1 is 1.14 bits per heavy atom. The quantitative estimate of drug-likeness (QED) is 0.647. The lowest BCUT2D eigenvalue weighted by Gasteiger charge is -2.10. The molecule has 0 fully saturated rings. The second-order valence-electron chi connectivity index (χ2n) is 4.33. The van der Waals surface area contributed by atoms with Crippen LogP contribution in [0.1, 0.15) is 5.56 Å². The lowest BCUT2D eigenvalue weighted by molar-refractivity contribution is 0.465. The maximum absolute atomic E-state index is 11.0. The number of benzene rings is 2. The van der Waals surface area contributed by atoms with E-state index in [1.54, 1.807) is 36.4 Å². The molecule has 0 saturated heterocycles. The lowest BCUT2D eigenvalue weighted by Crippen LogP contribution is -2.21. The van der Waals surface area contributed by atoms with Crippen LogP contribution in [-0.4, -0.2) is 13.5 Å². The second-order valence-corrected chi connectivity index (χ2v) is 6.48. The third-order valence-corrected chi connectivity index (χ3v) is 3.84. The largest absolute Gasteiger partial charge is 0.506 e. The average Bonchev–Trinajstić information content (AvgIpc) is 2.39. The standard InChI is InChI=1S/C13H14BrN3O3S/c14-12-6-1-3-9(13(12)18)8-16-10-4-2-5-11(7-10)17-21(15,19)20/h1-7,16-18H,8H2,(H2,15,19,20). The van der Waals surface area contributed by atoms with E-state index in [0.717, 1.165) is 0 Å². The number of nitrogens with one attached hydrogen (secondary N) is 2. The molecule has 0 spiro atoms. The summed E-state index contributed by atoms with van der Waals surface area (Å²) < 4.78 is 24.8. The first kappa shape index (κ1) is 15.6. The van der Waals surface area contributed by atoms with Gasteiger partial charge < -0.3 is 10.4 Å². The molecule has 6 nitrogen and oxygen atoms in total. The van der Waals surface area contributed by atoms with Gasteiger partial charge in [-0.1, -0.05) is 18.2 Å². The summed E-state index contributed by atoms with van der Waals surface area (Å²) in [6, 6.07) is 12.0. The Balaban J connectivity index is 2.10. The van der Waals surface area contributed by atoms with E-state index in [9.17, 15) is 13.5 Å². The molecule has 0 bridgehead atoms. The number of anilines is 2. The van der Waals surface area contributed by atoms with Gasteiger partial charge in [0, 0.05) is 17.8 Å². The van der Waals surface area contributed by atoms with Crippen LogP contribution < -0.4 is 15.2 Å². The number of hydrogen-bond acceptors (Lipinski definition) is 4. The van der Waals surface area contributed by atoms with Gasteiger partial charge in [-0.25, -0.2) is 5.14 Å². The van der Waals surface area contributed by atoms with Gasteiger partial charge in [0.25, 0.3) is 10.2 Å². The Morgan fingerprint density at radius 2 is 1.81 bits per heavy atom. The molecule has 0 saturated carbocycles. The summed E-state index contributed by atoms with van der Waals surface area (Å²) in [5.74, 6) is 0.170. The number of nitrogens with two attached hydrogens (primary N) is 1. The molecule has 112 valence electrons. The molecule has 2 aromatic carbocycles. The van der Waals surface area contributed by atoms with Crippen molar-refractivity contribution in [2.24, 2.45) is 5.14 Å². The molecule has 0 aromatic heterocycles. The molecule has 0 aliphatic carbocycles. The highest BCUT2D eigenvalue weighted by Gasteiger charge is 2.06. The van der Waals surface area contributed by atoms with Gasteiger partial charge in [0.15, 0.2) is 0 Å². The zero-order valence-corrected chi connectivity index (χ0v) is 13.3. The number of rotatable bonds is 5. The van der Waals surface area contributed by atoms with Crippen molar-refractivity contribution in [2.45, 2.75) is 6.54 Å². The predicted molar refractivity (Wildman–Crippen MR) is 86.3 cm³/mol. The summed E-state index contributed by atoms with van der Waals surface area (Å²) in [5, 5.41) is 17.9. The van der Waals surface area contributed by atoms with Crippen molar-refractivity contribution in [1.82, 2.24) is 0 Å². The number of halogens is 1. The Bertz CT molecular complexity index is 750. The van der Waals surface area contributed by atoms with E-state index in [0.29, 0.717) is 28.0 Å². The molecule has 2 aromatic rings. The summed E-state index contributed by atoms with van der Waals surface area (Å²) in [4.78, 5) is 0. The van der Waals surface area contributed by atoms with E-state index in [-0.39, 0.29) is 5.75 Å². The number of hydrogen-bond donors (Lipinski definition) is 4. The van der Waals surface area contributed by atoms with Crippen LogP contribution >= 0.6 is 15.9 Å². The normalized spacial score (nSPS) is 11.1. The molecule has 8 heteroatoms. The van der Waals surface area contributed by atoms with Gasteiger partial charge in [0.2, 0.25) is 0 Å². The van der Waals surface area contributed by atoms with E-state index in [1.807, 2.05) is 6.07 Å². The van der Waals surface area contributed by atoms with Gasteiger partial charge in [0.1, 0.15) is 5.75 Å². The fourth-order valence-electron chi connectivity index (χ4n) is 1.76. The number of para-hydroxylation sites is 1. The highest BCUT2D eigenvalue weighted by atomic mass is 79.9. The SMILES string of the molecule is NS(=O)(=O)Nc1cccc(NCc2cccc(Br)c2O)c1. The molecule has 5 N–H and O–H groups in total. The van der Waals surface area contributed by atoms with Gasteiger partial charge in [-0.3, -0.25) is 4.72 Å². The zero-order valence-electron chi connectivity index (χ0n) is 10.9. The summed E-state index contributed by atoms with van der Waals surface area (Å²) >= 11 is 3.25. The second kappa shape index (κ2) is 6.33. The minimum absolute atomic E-state index is 0.170. The summed E-state index contributed by atoms with van der Waals surface area (Å²) in [6.07, 6.45) is 0. The van der Waals surface area contributed by atoms with Crippen molar-refractivity contribution in [3.8, 4) is 5.75 Å². The smallest absolute Gasteiger partial charge is 0.296 e. The van der Waals surface area contributed by atoms with Crippen LogP contribution in [0.5, 0.6) is 5.75 Å². The third kappa shape index (κ3) is 4.62. The monoisotopic (exact) mass is 371 g/mol. The Labute approximate surface area is 131 Å². The van der Waals surface area contributed by atoms with Crippen LogP contribution in [0.15, 0.2) is 46.9 Å². The zero-order chi connectivity index (χ0) is 15.5. The summed E-state index contributed by atoms with van der Waals surface area (Å²) in [7, 11) is -3.80. The molecular formula is C13H14BrN3O3S. The fourth-order valence-corrected chi connectivity index (χ4v) is 2.62. The minimum atomic E-state index is -3.80. The van der Waals surface area contributed by atoms with Crippen LogP contribution in [0.25, 0.3) is 0 Å². The fraction of sp³-hybridized carbons (Fsp3) is 0.0769. The minimum Gasteiger partial charge on any atom is -0.506 e. The van der Waals surface area contributed by atoms with E-state index in [4.69, 9.17) is 5.14 Å². The molecule has 0 amide bonds. The first-order valence-corrected chi connectivity index (χ1v) is 8.30. The molecule has 21 heavy (non-hydrogen) atoms. The lowest BCUT2D eigenvalue weighted by atomic mass is 10.2. The van der Waals surface area contributed by atoms with E-state index in [1.165, 1.54) is 0 Å². The predicted octanol–water partition coefficient (Wildman–Crippen LogP) is 2.38. The van der Waals surface area contributed by atoms with Crippen molar-refractivity contribution in [3.05, 3.63) is 52.5 Å². The van der Waals surface area contributed by atoms with Gasteiger partial charge in [-0.05, 0) is 40.2 Å². The van der Waals surface area contributed by atoms with E-state index in [2.05, 4.69) is 26.0 Å². The van der Waals surface area contributed by atoms with Crippen molar-refractivity contribution in [3.63, 3.8) is 0 Å². The Hall–Kier alpha value is -1.77. The van der Waals surface area contributed by atoms with E-state index < -0.39 is 10.2 Å². The number of phenols is 1. The average molecular weight is 372 g/mol. The molecule has 0 aliphatic heterocycles. The van der Waals surface area contributed by atoms with Crippen LogP contribution in [0.4, 0.5) is 11.4 Å². The third-order valence-electron chi connectivity index (χ3n) is 2.68. The van der Waals surface area contributed by atoms with Gasteiger partial charge in [0.05, 0.1) is 10.2 Å². The van der Waals surface area contributed by atoms with Gasteiger partial charge >= 0.3 is 0 Å². The van der Waals surface area contributed by atoms with Crippen LogP contribution in [0.2, 0.25) is 0 Å². The molecule has 0 aliphatic rings. The molecule has 0 radical (unpaired) electrons. The maximum Gasteiger partial charge on any atom is 0.296 e. The molecule has 2 rings (SSSR count). The van der Waals surface area contributed by atoms with Crippen molar-refractivity contribution >= 4 is 37.5 Å². The van der Waals surface area contributed by atoms with Crippen LogP contribution in [-0.2, 0) is 16.8 Å². The van der Waals surface area contributed by atoms with Crippen molar-refractivity contribution < 1.29 is 13.5 Å². The van der Waals surface area contributed by atoms with Crippen LogP contribution in [0.3, 0.4) is 0 Å². The molecule has 0 atom stereocenters. The topological polar surface area (TPSA) is 104 Å². The highest BCUT2D eigenvalue weighted by Crippen LogP contribution is 2.28. The Kier molecular flexibility index (Phi) is 4.71. The summed E-state index contributed by atoms with van der Waals surface area (Å²) in [6.45, 7) is 0.393. The molecule has 0 heterocycles. The molecule has 0 unspecified atom stereocenters. The Morgan fingerprint density at radius 3 is 2.52 bits per heavy atom. The van der Waals surface area contributed by atoms with Crippen molar-refractivity contribution in [1.29, 1.82) is 0 Å². The maximum atomic E-state index is 11.0.